The summed E-state index contributed by atoms with van der Waals surface area (Å²) in [6, 6.07) is 0. The molecule has 1 aliphatic rings. The first-order valence-corrected chi connectivity index (χ1v) is 10.6. The summed E-state index contributed by atoms with van der Waals surface area (Å²) in [6.07, 6.45) is 4.08. The van der Waals surface area contributed by atoms with E-state index >= 15 is 0 Å². The fourth-order valence-corrected chi connectivity index (χ4v) is 3.24. The van der Waals surface area contributed by atoms with Crippen molar-refractivity contribution < 1.29 is 33.4 Å². The average molecular weight is 448 g/mol. The number of aromatic nitrogens is 1. The Kier molecular flexibility index (Phi) is 8.87. The van der Waals surface area contributed by atoms with E-state index in [1.807, 2.05) is 12.3 Å². The number of hydrogen-bond donors (Lipinski definition) is 0. The smallest absolute Gasteiger partial charge is 0.331 e. The van der Waals surface area contributed by atoms with Crippen molar-refractivity contribution in [3.8, 4) is 0 Å². The van der Waals surface area contributed by atoms with Gasteiger partial charge in [-0.05, 0) is 45.4 Å². The number of ether oxygens (including phenoxy) is 3. The fraction of sp³-hybridized carbons (Fsp3) is 0.409. The van der Waals surface area contributed by atoms with Gasteiger partial charge in [0.2, 0.25) is 0 Å². The molecule has 0 amide bonds. The molecule has 2 rings (SSSR count). The first-order chi connectivity index (χ1) is 14.6. The molecule has 0 radical (unpaired) electrons. The van der Waals surface area contributed by atoms with Gasteiger partial charge in [0.15, 0.2) is 11.9 Å². The van der Waals surface area contributed by atoms with E-state index in [1.165, 1.54) is 30.4 Å². The van der Waals surface area contributed by atoms with E-state index in [9.17, 15) is 19.2 Å². The van der Waals surface area contributed by atoms with Crippen molar-refractivity contribution in [3.05, 3.63) is 46.0 Å². The Bertz CT molecular complexity index is 928. The van der Waals surface area contributed by atoms with E-state index in [0.717, 1.165) is 22.9 Å². The van der Waals surface area contributed by atoms with E-state index in [2.05, 4.69) is 4.98 Å². The van der Waals surface area contributed by atoms with Crippen LogP contribution in [0.2, 0.25) is 0 Å². The SMILES string of the molecule is C/C(=C\c1csc(C)n1)[C@H]1C/C=C/C(=O)O[C@@H](C)CC(=O)O[C@@H](C)C(=O)/C=C/C(=O)O1. The summed E-state index contributed by atoms with van der Waals surface area (Å²) in [5.41, 5.74) is 1.45. The molecule has 1 aromatic heterocycles. The molecule has 0 spiro atoms. The second-order valence-corrected chi connectivity index (χ2v) is 8.12. The van der Waals surface area contributed by atoms with E-state index in [0.29, 0.717) is 5.57 Å². The highest BCUT2D eigenvalue weighted by Gasteiger charge is 2.21. The molecule has 2 heterocycles. The van der Waals surface area contributed by atoms with E-state index in [-0.39, 0.29) is 12.8 Å². The number of esters is 3. The molecule has 1 aromatic rings. The van der Waals surface area contributed by atoms with Gasteiger partial charge in [-0.15, -0.1) is 11.3 Å². The van der Waals surface area contributed by atoms with Gasteiger partial charge in [0.05, 0.1) is 17.1 Å². The average Bonchev–Trinajstić information content (AvgIpc) is 3.08. The topological polar surface area (TPSA) is 109 Å². The maximum atomic E-state index is 12.2. The lowest BCUT2D eigenvalue weighted by molar-refractivity contribution is -0.157. The van der Waals surface area contributed by atoms with Gasteiger partial charge in [-0.2, -0.15) is 0 Å². The molecule has 0 N–H and O–H groups in total. The summed E-state index contributed by atoms with van der Waals surface area (Å²) in [5, 5.41) is 2.79. The molecule has 1 aliphatic heterocycles. The van der Waals surface area contributed by atoms with Gasteiger partial charge >= 0.3 is 17.9 Å². The second-order valence-electron chi connectivity index (χ2n) is 7.06. The summed E-state index contributed by atoms with van der Waals surface area (Å²) >= 11 is 1.50. The zero-order valence-electron chi connectivity index (χ0n) is 17.8. The molecular formula is C22H25NO7S. The largest absolute Gasteiger partial charge is 0.459 e. The number of ketones is 1. The van der Waals surface area contributed by atoms with Gasteiger partial charge in [-0.1, -0.05) is 6.08 Å². The molecule has 0 unspecified atom stereocenters. The molecule has 8 nitrogen and oxygen atoms in total. The molecule has 3 atom stereocenters. The monoisotopic (exact) mass is 447 g/mol. The van der Waals surface area contributed by atoms with Gasteiger partial charge in [0, 0.05) is 24.0 Å². The maximum absolute atomic E-state index is 12.2. The highest BCUT2D eigenvalue weighted by atomic mass is 32.1. The zero-order chi connectivity index (χ0) is 23.0. The summed E-state index contributed by atoms with van der Waals surface area (Å²) in [4.78, 5) is 52.6. The lowest BCUT2D eigenvalue weighted by Crippen LogP contribution is -2.26. The summed E-state index contributed by atoms with van der Waals surface area (Å²) in [7, 11) is 0. The van der Waals surface area contributed by atoms with Crippen LogP contribution in [0.1, 0.15) is 44.3 Å². The first kappa shape index (κ1) is 24.2. The number of aryl methyl sites for hydroxylation is 1. The predicted molar refractivity (Wildman–Crippen MR) is 114 cm³/mol. The number of cyclic esters (lactones) is 3. The third-order valence-corrected chi connectivity index (χ3v) is 5.04. The van der Waals surface area contributed by atoms with Crippen LogP contribution in [0.25, 0.3) is 6.08 Å². The van der Waals surface area contributed by atoms with Crippen molar-refractivity contribution in [1.29, 1.82) is 0 Å². The second kappa shape index (κ2) is 11.4. The maximum Gasteiger partial charge on any atom is 0.331 e. The van der Waals surface area contributed by atoms with Crippen LogP contribution in [0.5, 0.6) is 0 Å². The number of hydrogen-bond acceptors (Lipinski definition) is 9. The van der Waals surface area contributed by atoms with E-state index in [4.69, 9.17) is 14.2 Å². The van der Waals surface area contributed by atoms with Gasteiger partial charge in [-0.25, -0.2) is 14.6 Å². The van der Waals surface area contributed by atoms with Crippen molar-refractivity contribution in [2.45, 2.75) is 58.8 Å². The molecular weight excluding hydrogens is 422 g/mol. The van der Waals surface area contributed by atoms with Crippen LogP contribution >= 0.6 is 11.3 Å². The molecule has 166 valence electrons. The molecule has 0 aliphatic carbocycles. The summed E-state index contributed by atoms with van der Waals surface area (Å²) in [5.74, 6) is -2.64. The number of rotatable bonds is 2. The highest BCUT2D eigenvalue weighted by molar-refractivity contribution is 7.09. The Hall–Kier alpha value is -3.07. The van der Waals surface area contributed by atoms with Crippen molar-refractivity contribution in [3.63, 3.8) is 0 Å². The lowest BCUT2D eigenvalue weighted by atomic mass is 10.1. The van der Waals surface area contributed by atoms with Crippen LogP contribution in [0.4, 0.5) is 0 Å². The van der Waals surface area contributed by atoms with E-state index < -0.39 is 42.0 Å². The lowest BCUT2D eigenvalue weighted by Gasteiger charge is -2.17. The minimum Gasteiger partial charge on any atom is -0.459 e. The first-order valence-electron chi connectivity index (χ1n) is 9.73. The fourth-order valence-electron chi connectivity index (χ4n) is 2.67. The minimum atomic E-state index is -1.09. The van der Waals surface area contributed by atoms with Crippen LogP contribution in [0.15, 0.2) is 35.3 Å². The molecule has 31 heavy (non-hydrogen) atoms. The standard InChI is InChI=1S/C22H25NO7S/c1-13(10-17-12-31-16(4)23-17)19-6-5-7-20(25)28-14(2)11-22(27)29-15(3)18(24)8-9-21(26)30-19/h5,7-10,12,14-15,19H,6,11H2,1-4H3/b7-5+,9-8+,13-10+/t14-,15-,19+/m0/s1. The summed E-state index contributed by atoms with van der Waals surface area (Å²) in [6.45, 7) is 6.62. The summed E-state index contributed by atoms with van der Waals surface area (Å²) < 4.78 is 15.6. The molecule has 0 aromatic carbocycles. The van der Waals surface area contributed by atoms with Crippen LogP contribution < -0.4 is 0 Å². The predicted octanol–water partition coefficient (Wildman–Crippen LogP) is 3.11. The van der Waals surface area contributed by atoms with Crippen LogP contribution in [0, 0.1) is 6.92 Å². The molecule has 0 bridgehead atoms. The quantitative estimate of drug-likeness (QED) is 0.503. The Morgan fingerprint density at radius 1 is 1.06 bits per heavy atom. The third-order valence-electron chi connectivity index (χ3n) is 4.25. The Morgan fingerprint density at radius 3 is 2.45 bits per heavy atom. The number of thiazole rings is 1. The minimum absolute atomic E-state index is 0.194. The Morgan fingerprint density at radius 2 is 1.77 bits per heavy atom. The molecule has 0 saturated heterocycles. The Labute approximate surface area is 184 Å². The Balaban J connectivity index is 2.25. The van der Waals surface area contributed by atoms with Gasteiger partial charge in [-0.3, -0.25) is 9.59 Å². The van der Waals surface area contributed by atoms with Crippen LogP contribution in [0.3, 0.4) is 0 Å². The van der Waals surface area contributed by atoms with Crippen LogP contribution in [-0.2, 0) is 33.4 Å². The molecule has 0 fully saturated rings. The number of carbonyl (C=O) groups excluding carboxylic acids is 4. The third kappa shape index (κ3) is 8.29. The van der Waals surface area contributed by atoms with Crippen molar-refractivity contribution in [2.24, 2.45) is 0 Å². The number of nitrogens with zero attached hydrogens (tertiary/aromatic N) is 1. The normalized spacial score (nSPS) is 26.6. The van der Waals surface area contributed by atoms with E-state index in [1.54, 1.807) is 19.9 Å². The highest BCUT2D eigenvalue weighted by Crippen LogP contribution is 2.18. The van der Waals surface area contributed by atoms with Crippen molar-refractivity contribution in [2.75, 3.05) is 0 Å². The number of carbonyl (C=O) groups is 4. The van der Waals surface area contributed by atoms with Gasteiger partial charge in [0.1, 0.15) is 12.2 Å². The van der Waals surface area contributed by atoms with Crippen molar-refractivity contribution >= 4 is 41.1 Å². The van der Waals surface area contributed by atoms with Crippen molar-refractivity contribution in [1.82, 2.24) is 4.98 Å². The molecule has 0 saturated carbocycles. The zero-order valence-corrected chi connectivity index (χ0v) is 18.6. The van der Waals surface area contributed by atoms with Gasteiger partial charge < -0.3 is 14.2 Å². The molecule has 9 heteroatoms. The van der Waals surface area contributed by atoms with Gasteiger partial charge in [0.25, 0.3) is 0 Å². The van der Waals surface area contributed by atoms with Crippen LogP contribution in [-0.4, -0.2) is 47.0 Å².